The second-order valence-electron chi connectivity index (χ2n) is 5.40. The molecule has 0 aliphatic carbocycles. The van der Waals surface area contributed by atoms with Crippen molar-refractivity contribution in [2.45, 2.75) is 38.8 Å². The zero-order valence-electron chi connectivity index (χ0n) is 12.5. The number of nitrogens with one attached hydrogen (secondary N) is 1. The van der Waals surface area contributed by atoms with Gasteiger partial charge in [0.05, 0.1) is 19.8 Å². The molecule has 4 heteroatoms. The van der Waals surface area contributed by atoms with Crippen LogP contribution in [0.1, 0.15) is 26.3 Å². The predicted molar refractivity (Wildman–Crippen MR) is 77.0 cm³/mol. The highest BCUT2D eigenvalue weighted by Crippen LogP contribution is 2.28. The van der Waals surface area contributed by atoms with E-state index in [9.17, 15) is 5.11 Å². The largest absolute Gasteiger partial charge is 0.493 e. The Labute approximate surface area is 115 Å². The summed E-state index contributed by atoms with van der Waals surface area (Å²) in [5, 5.41) is 13.6. The Balaban J connectivity index is 2.75. The molecule has 0 spiro atoms. The minimum atomic E-state index is -0.788. The van der Waals surface area contributed by atoms with Crippen LogP contribution >= 0.6 is 0 Å². The van der Waals surface area contributed by atoms with Gasteiger partial charge in [-0.2, -0.15) is 0 Å². The lowest BCUT2D eigenvalue weighted by molar-refractivity contribution is 0.0581. The van der Waals surface area contributed by atoms with E-state index in [1.165, 1.54) is 0 Å². The molecule has 4 nitrogen and oxygen atoms in total. The zero-order valence-corrected chi connectivity index (χ0v) is 12.5. The first-order chi connectivity index (χ1) is 8.88. The summed E-state index contributed by atoms with van der Waals surface area (Å²) >= 11 is 0. The van der Waals surface area contributed by atoms with E-state index in [2.05, 4.69) is 19.2 Å². The van der Waals surface area contributed by atoms with Crippen LogP contribution in [0.5, 0.6) is 11.5 Å². The molecule has 0 heterocycles. The fourth-order valence-corrected chi connectivity index (χ4v) is 1.92. The lowest BCUT2D eigenvalue weighted by atomic mass is 9.96. The van der Waals surface area contributed by atoms with Crippen molar-refractivity contribution in [1.82, 2.24) is 5.32 Å². The first-order valence-corrected chi connectivity index (χ1v) is 6.54. The Morgan fingerprint density at radius 1 is 1.21 bits per heavy atom. The Hall–Kier alpha value is -1.26. The molecule has 2 N–H and O–H groups in total. The monoisotopic (exact) mass is 267 g/mol. The highest BCUT2D eigenvalue weighted by atomic mass is 16.5. The number of methoxy groups -OCH3 is 2. The molecule has 0 saturated heterocycles. The standard InChI is InChI=1S/C15H25NO3/c1-11(2)16-10-15(3,17)9-12-6-7-13(18-4)14(8-12)19-5/h6-8,11,16-17H,9-10H2,1-5H3. The van der Waals surface area contributed by atoms with Gasteiger partial charge in [0.25, 0.3) is 0 Å². The predicted octanol–water partition coefficient (Wildman–Crippen LogP) is 2.00. The minimum Gasteiger partial charge on any atom is -0.493 e. The molecule has 19 heavy (non-hydrogen) atoms. The molecule has 108 valence electrons. The summed E-state index contributed by atoms with van der Waals surface area (Å²) in [6.45, 7) is 6.51. The maximum absolute atomic E-state index is 10.4. The summed E-state index contributed by atoms with van der Waals surface area (Å²) in [7, 11) is 3.22. The number of ether oxygens (including phenoxy) is 2. The molecule has 0 fully saturated rings. The maximum atomic E-state index is 10.4. The van der Waals surface area contributed by atoms with Gasteiger partial charge in [0, 0.05) is 19.0 Å². The van der Waals surface area contributed by atoms with E-state index >= 15 is 0 Å². The second-order valence-corrected chi connectivity index (χ2v) is 5.40. The minimum absolute atomic E-state index is 0.358. The van der Waals surface area contributed by atoms with Crippen molar-refractivity contribution >= 4 is 0 Å². The maximum Gasteiger partial charge on any atom is 0.160 e. The molecule has 1 aromatic rings. The average Bonchev–Trinajstić information content (AvgIpc) is 2.36. The Bertz CT molecular complexity index is 402. The Morgan fingerprint density at radius 2 is 1.84 bits per heavy atom. The highest BCUT2D eigenvalue weighted by Gasteiger charge is 2.21. The van der Waals surface area contributed by atoms with E-state index in [4.69, 9.17) is 9.47 Å². The van der Waals surface area contributed by atoms with Crippen molar-refractivity contribution in [3.63, 3.8) is 0 Å². The summed E-state index contributed by atoms with van der Waals surface area (Å²) in [4.78, 5) is 0. The van der Waals surface area contributed by atoms with Crippen molar-refractivity contribution in [2.75, 3.05) is 20.8 Å². The number of rotatable bonds is 7. The van der Waals surface area contributed by atoms with E-state index < -0.39 is 5.60 Å². The van der Waals surface area contributed by atoms with Gasteiger partial charge in [-0.05, 0) is 24.6 Å². The van der Waals surface area contributed by atoms with E-state index in [0.29, 0.717) is 30.5 Å². The zero-order chi connectivity index (χ0) is 14.5. The third-order valence-corrected chi connectivity index (χ3v) is 2.92. The van der Waals surface area contributed by atoms with E-state index in [1.807, 2.05) is 25.1 Å². The summed E-state index contributed by atoms with van der Waals surface area (Å²) in [6, 6.07) is 6.07. The van der Waals surface area contributed by atoms with Gasteiger partial charge in [0.1, 0.15) is 0 Å². The van der Waals surface area contributed by atoms with Gasteiger partial charge < -0.3 is 19.9 Å². The van der Waals surface area contributed by atoms with Crippen LogP contribution in [0.4, 0.5) is 0 Å². The highest BCUT2D eigenvalue weighted by molar-refractivity contribution is 5.43. The van der Waals surface area contributed by atoms with E-state index in [1.54, 1.807) is 14.2 Å². The van der Waals surface area contributed by atoms with Crippen LogP contribution < -0.4 is 14.8 Å². The molecular weight excluding hydrogens is 242 g/mol. The molecular formula is C15H25NO3. The molecule has 0 aromatic heterocycles. The summed E-state index contributed by atoms with van der Waals surface area (Å²) < 4.78 is 10.5. The van der Waals surface area contributed by atoms with Gasteiger partial charge in [-0.15, -0.1) is 0 Å². The van der Waals surface area contributed by atoms with E-state index in [-0.39, 0.29) is 0 Å². The fraction of sp³-hybridized carbons (Fsp3) is 0.600. The fourth-order valence-electron chi connectivity index (χ4n) is 1.92. The second kappa shape index (κ2) is 6.78. The average molecular weight is 267 g/mol. The topological polar surface area (TPSA) is 50.7 Å². The van der Waals surface area contributed by atoms with Crippen LogP contribution in [0.3, 0.4) is 0 Å². The third-order valence-electron chi connectivity index (χ3n) is 2.92. The molecule has 1 aromatic carbocycles. The van der Waals surface area contributed by atoms with Crippen LogP contribution in [-0.4, -0.2) is 37.5 Å². The van der Waals surface area contributed by atoms with Crippen LogP contribution in [0.2, 0.25) is 0 Å². The van der Waals surface area contributed by atoms with Crippen molar-refractivity contribution in [1.29, 1.82) is 0 Å². The lowest BCUT2D eigenvalue weighted by Gasteiger charge is -2.25. The lowest BCUT2D eigenvalue weighted by Crippen LogP contribution is -2.42. The van der Waals surface area contributed by atoms with Crippen LogP contribution in [-0.2, 0) is 6.42 Å². The van der Waals surface area contributed by atoms with Crippen molar-refractivity contribution < 1.29 is 14.6 Å². The summed E-state index contributed by atoms with van der Waals surface area (Å²) in [5.74, 6) is 1.39. The van der Waals surface area contributed by atoms with Gasteiger partial charge in [-0.3, -0.25) is 0 Å². The van der Waals surface area contributed by atoms with Crippen molar-refractivity contribution in [2.24, 2.45) is 0 Å². The Morgan fingerprint density at radius 3 is 2.37 bits per heavy atom. The quantitative estimate of drug-likeness (QED) is 0.793. The summed E-state index contributed by atoms with van der Waals surface area (Å²) in [6.07, 6.45) is 0.563. The first-order valence-electron chi connectivity index (χ1n) is 6.54. The molecule has 1 unspecified atom stereocenters. The van der Waals surface area contributed by atoms with Crippen LogP contribution in [0, 0.1) is 0 Å². The third kappa shape index (κ3) is 5.09. The number of hydrogen-bond acceptors (Lipinski definition) is 4. The smallest absolute Gasteiger partial charge is 0.160 e. The number of aliphatic hydroxyl groups is 1. The molecule has 1 atom stereocenters. The molecule has 1 rings (SSSR count). The molecule has 0 saturated carbocycles. The van der Waals surface area contributed by atoms with Crippen molar-refractivity contribution in [3.05, 3.63) is 23.8 Å². The van der Waals surface area contributed by atoms with Gasteiger partial charge in [0.15, 0.2) is 11.5 Å². The van der Waals surface area contributed by atoms with Crippen molar-refractivity contribution in [3.8, 4) is 11.5 Å². The van der Waals surface area contributed by atoms with Crippen LogP contribution in [0.15, 0.2) is 18.2 Å². The van der Waals surface area contributed by atoms with E-state index in [0.717, 1.165) is 5.56 Å². The number of hydrogen-bond donors (Lipinski definition) is 2. The normalized spacial score (nSPS) is 14.3. The SMILES string of the molecule is COc1ccc(CC(C)(O)CNC(C)C)cc1OC. The van der Waals surface area contributed by atoms with Gasteiger partial charge in [-0.25, -0.2) is 0 Å². The molecule has 0 aliphatic rings. The first kappa shape index (κ1) is 15.8. The molecule has 0 radical (unpaired) electrons. The molecule has 0 amide bonds. The Kier molecular flexibility index (Phi) is 5.63. The van der Waals surface area contributed by atoms with Crippen LogP contribution in [0.25, 0.3) is 0 Å². The summed E-state index contributed by atoms with van der Waals surface area (Å²) in [5.41, 5.74) is 0.234. The number of benzene rings is 1. The van der Waals surface area contributed by atoms with Gasteiger partial charge in [-0.1, -0.05) is 19.9 Å². The van der Waals surface area contributed by atoms with Gasteiger partial charge in [0.2, 0.25) is 0 Å². The molecule has 0 aliphatic heterocycles. The molecule has 0 bridgehead atoms. The van der Waals surface area contributed by atoms with Gasteiger partial charge >= 0.3 is 0 Å².